The summed E-state index contributed by atoms with van der Waals surface area (Å²) >= 11 is 5.96. The van der Waals surface area contributed by atoms with Crippen LogP contribution in [-0.4, -0.2) is 127 Å². The van der Waals surface area contributed by atoms with Gasteiger partial charge in [0.2, 0.25) is 6.10 Å². The number of carboxylic acid groups (broad SMARTS) is 1. The molecule has 55 heavy (non-hydrogen) atoms. The summed E-state index contributed by atoms with van der Waals surface area (Å²) in [5.41, 5.74) is 3.41. The average molecular weight is 781 g/mol. The highest BCUT2D eigenvalue weighted by Gasteiger charge is 2.43. The van der Waals surface area contributed by atoms with Crippen LogP contribution in [0, 0.1) is 5.82 Å². The van der Waals surface area contributed by atoms with E-state index < -0.39 is 72.7 Å². The van der Waals surface area contributed by atoms with E-state index in [1.54, 1.807) is 24.3 Å². The van der Waals surface area contributed by atoms with Crippen molar-refractivity contribution >= 4 is 52.3 Å². The van der Waals surface area contributed by atoms with Gasteiger partial charge >= 0.3 is 5.97 Å². The lowest BCUT2D eigenvalue weighted by Gasteiger charge is -2.38. The number of nitrogens with one attached hydrogen (secondary N) is 1. The third kappa shape index (κ3) is 8.10. The van der Waals surface area contributed by atoms with Crippen molar-refractivity contribution in [1.29, 1.82) is 0 Å². The molecular weight excluding hydrogens is 743 g/mol. The van der Waals surface area contributed by atoms with Gasteiger partial charge in [-0.15, -0.1) is 0 Å². The van der Waals surface area contributed by atoms with Crippen molar-refractivity contribution in [2.75, 3.05) is 31.6 Å². The van der Waals surface area contributed by atoms with Crippen LogP contribution >= 0.6 is 11.6 Å². The fourth-order valence-electron chi connectivity index (χ4n) is 6.95. The number of benzene rings is 3. The number of fused-ring (bicyclic) bond motifs is 1. The van der Waals surface area contributed by atoms with Crippen molar-refractivity contribution in [3.05, 3.63) is 105 Å². The van der Waals surface area contributed by atoms with Gasteiger partial charge in [0.25, 0.3) is 17.7 Å². The molecule has 6 rings (SSSR count). The monoisotopic (exact) mass is 780 g/mol. The Morgan fingerprint density at radius 2 is 1.65 bits per heavy atom. The molecule has 15 nitrogen and oxygen atoms in total. The maximum Gasteiger partial charge on any atom is 0.335 e. The first kappa shape index (κ1) is 39.5. The standard InChI is InChI=1S/C38H38ClFN4O11/c39-26-6-2-5-25(30(26)40)27-17-29(55-42-27)36(51)44-16-13-23-22(19-11-14-43(15-12-19)37(52)34(49)33(48)32(47)28(46)18-45)3-1-4-24(23)31(44)35(50)41-21-9-7-20(8-10-21)38(53)54/h1-11,28-29,31-34,45-49H,12-18H2,(H,41,50)(H,53,54)/t28-,29?,31+,32-,33+,34-/m1/s1. The molecule has 0 saturated carbocycles. The summed E-state index contributed by atoms with van der Waals surface area (Å²) in [6, 6.07) is 14.0. The van der Waals surface area contributed by atoms with Crippen LogP contribution in [0.1, 0.15) is 51.5 Å². The van der Waals surface area contributed by atoms with Crippen molar-refractivity contribution in [1.82, 2.24) is 9.80 Å². The van der Waals surface area contributed by atoms with Crippen LogP contribution in [0.4, 0.5) is 10.1 Å². The third-order valence-electron chi connectivity index (χ3n) is 9.93. The summed E-state index contributed by atoms with van der Waals surface area (Å²) in [5, 5.41) is 65.2. The number of aromatic carboxylic acids is 1. The van der Waals surface area contributed by atoms with Crippen LogP contribution in [0.3, 0.4) is 0 Å². The van der Waals surface area contributed by atoms with Gasteiger partial charge in [-0.25, -0.2) is 9.18 Å². The van der Waals surface area contributed by atoms with E-state index in [2.05, 4.69) is 10.5 Å². The number of aliphatic hydroxyl groups is 5. The lowest BCUT2D eigenvalue weighted by Crippen LogP contribution is -2.53. The lowest BCUT2D eigenvalue weighted by molar-refractivity contribution is -0.158. The fraction of sp³-hybridized carbons (Fsp3) is 0.342. The molecule has 0 fully saturated rings. The first-order valence-corrected chi connectivity index (χ1v) is 17.7. The average Bonchev–Trinajstić information content (AvgIpc) is 3.70. The molecule has 3 heterocycles. The van der Waals surface area contributed by atoms with Crippen molar-refractivity contribution < 1.29 is 59.0 Å². The zero-order valence-corrected chi connectivity index (χ0v) is 29.8. The second kappa shape index (κ2) is 16.6. The SMILES string of the molecule is O=C(O)c1ccc(NC(=O)[C@@H]2c3cccc(C4=CCN(C(=O)[C@H](O)[C@@H](O)[C@H](O)[C@H](O)CO)CC4)c3CCN2C(=O)C2CC(c3cccc(Cl)c3F)=NO2)cc1. The second-order valence-electron chi connectivity index (χ2n) is 13.3. The summed E-state index contributed by atoms with van der Waals surface area (Å²) in [5.74, 6) is -3.90. The van der Waals surface area contributed by atoms with Gasteiger partial charge in [0.15, 0.2) is 11.9 Å². The first-order chi connectivity index (χ1) is 26.3. The number of hydrogen-bond donors (Lipinski definition) is 7. The van der Waals surface area contributed by atoms with Crippen LogP contribution in [0.5, 0.6) is 0 Å². The van der Waals surface area contributed by atoms with E-state index >= 15 is 0 Å². The van der Waals surface area contributed by atoms with E-state index in [1.807, 2.05) is 6.07 Å². The van der Waals surface area contributed by atoms with E-state index in [0.29, 0.717) is 18.4 Å². The fourth-order valence-corrected chi connectivity index (χ4v) is 7.12. The molecule has 0 aliphatic carbocycles. The number of oxime groups is 1. The Labute approximate surface area is 318 Å². The molecule has 0 radical (unpaired) electrons. The zero-order valence-electron chi connectivity index (χ0n) is 29.1. The summed E-state index contributed by atoms with van der Waals surface area (Å²) in [6.07, 6.45) is -6.72. The largest absolute Gasteiger partial charge is 0.478 e. The number of hydrogen-bond acceptors (Lipinski definition) is 11. The molecule has 3 aromatic rings. The molecule has 3 aliphatic heterocycles. The Morgan fingerprint density at radius 3 is 2.33 bits per heavy atom. The van der Waals surface area contributed by atoms with Gasteiger partial charge in [-0.3, -0.25) is 14.4 Å². The Hall–Kier alpha value is -5.23. The first-order valence-electron chi connectivity index (χ1n) is 17.4. The van der Waals surface area contributed by atoms with Crippen LogP contribution in [0.25, 0.3) is 5.57 Å². The van der Waals surface area contributed by atoms with Crippen LogP contribution in [-0.2, 0) is 25.6 Å². The summed E-state index contributed by atoms with van der Waals surface area (Å²) in [7, 11) is 0. The van der Waals surface area contributed by atoms with Crippen LogP contribution in [0.15, 0.2) is 71.9 Å². The molecule has 17 heteroatoms. The highest BCUT2D eigenvalue weighted by atomic mass is 35.5. The zero-order chi connectivity index (χ0) is 39.6. The predicted molar refractivity (Wildman–Crippen MR) is 194 cm³/mol. The number of carboxylic acids is 1. The van der Waals surface area contributed by atoms with Crippen molar-refractivity contribution in [2.45, 2.75) is 55.8 Å². The molecule has 290 valence electrons. The summed E-state index contributed by atoms with van der Waals surface area (Å²) < 4.78 is 14.8. The molecular formula is C38H38ClFN4O11. The second-order valence-corrected chi connectivity index (χ2v) is 13.7. The number of halogens is 2. The normalized spacial score (nSPS) is 20.3. The van der Waals surface area contributed by atoms with E-state index in [1.165, 1.54) is 46.2 Å². The number of carbonyl (C=O) groups excluding carboxylic acids is 3. The van der Waals surface area contributed by atoms with E-state index in [4.69, 9.17) is 21.5 Å². The minimum Gasteiger partial charge on any atom is -0.478 e. The van der Waals surface area contributed by atoms with Gasteiger partial charge < -0.3 is 50.6 Å². The maximum atomic E-state index is 14.8. The minimum atomic E-state index is -2.06. The molecule has 0 bridgehead atoms. The number of carbonyl (C=O) groups is 4. The van der Waals surface area contributed by atoms with Crippen LogP contribution in [0.2, 0.25) is 5.02 Å². The molecule has 0 aromatic heterocycles. The number of aliphatic hydroxyl groups excluding tert-OH is 5. The van der Waals surface area contributed by atoms with Crippen LogP contribution < -0.4 is 5.32 Å². The van der Waals surface area contributed by atoms with Crippen molar-refractivity contribution in [2.24, 2.45) is 5.16 Å². The Kier molecular flexibility index (Phi) is 11.9. The Balaban J connectivity index is 1.26. The third-order valence-corrected chi connectivity index (χ3v) is 10.2. The molecule has 6 atom stereocenters. The Bertz CT molecular complexity index is 2040. The van der Waals surface area contributed by atoms with Gasteiger partial charge in [0, 0.05) is 37.3 Å². The molecule has 3 aromatic carbocycles. The predicted octanol–water partition coefficient (Wildman–Crippen LogP) is 1.49. The van der Waals surface area contributed by atoms with Gasteiger partial charge in [-0.05, 0) is 71.5 Å². The number of nitrogens with zero attached hydrogens (tertiary/aromatic N) is 3. The van der Waals surface area contributed by atoms with Gasteiger partial charge in [0.1, 0.15) is 24.4 Å². The quantitative estimate of drug-likeness (QED) is 0.147. The van der Waals surface area contributed by atoms with E-state index in [0.717, 1.165) is 16.7 Å². The summed E-state index contributed by atoms with van der Waals surface area (Å²) in [6.45, 7) is -0.676. The van der Waals surface area contributed by atoms with Crippen molar-refractivity contribution in [3.8, 4) is 0 Å². The topological polar surface area (TPSA) is 230 Å². The lowest BCUT2D eigenvalue weighted by atomic mass is 9.84. The summed E-state index contributed by atoms with van der Waals surface area (Å²) in [4.78, 5) is 60.8. The highest BCUT2D eigenvalue weighted by Crippen LogP contribution is 2.38. The highest BCUT2D eigenvalue weighted by molar-refractivity contribution is 6.31. The Morgan fingerprint density at radius 1 is 0.945 bits per heavy atom. The van der Waals surface area contributed by atoms with E-state index in [9.17, 15) is 49.1 Å². The number of rotatable bonds is 11. The maximum absolute atomic E-state index is 14.8. The van der Waals surface area contributed by atoms with Crippen molar-refractivity contribution in [3.63, 3.8) is 0 Å². The molecule has 3 amide bonds. The molecule has 3 aliphatic rings. The smallest absolute Gasteiger partial charge is 0.335 e. The molecule has 0 saturated heterocycles. The minimum absolute atomic E-state index is 0.0116. The van der Waals surface area contributed by atoms with Gasteiger partial charge in [-0.1, -0.05) is 47.1 Å². The molecule has 1 unspecified atom stereocenters. The molecule has 0 spiro atoms. The van der Waals surface area contributed by atoms with Gasteiger partial charge in [-0.2, -0.15) is 0 Å². The van der Waals surface area contributed by atoms with E-state index in [-0.39, 0.29) is 53.6 Å². The number of amides is 3. The van der Waals surface area contributed by atoms with Gasteiger partial charge in [0.05, 0.1) is 22.9 Å². The number of anilines is 1. The molecule has 7 N–H and O–H groups in total.